The average molecular weight is 295 g/mol. The summed E-state index contributed by atoms with van der Waals surface area (Å²) in [6.07, 6.45) is 1.95. The van der Waals surface area contributed by atoms with E-state index in [0.29, 0.717) is 0 Å². The molecule has 2 rings (SSSR count). The minimum absolute atomic E-state index is 0.0139. The topological polar surface area (TPSA) is 93.4 Å². The van der Waals surface area contributed by atoms with Crippen LogP contribution in [0.1, 0.15) is 30.1 Å². The summed E-state index contributed by atoms with van der Waals surface area (Å²) in [6.45, 7) is 1.62. The van der Waals surface area contributed by atoms with Crippen molar-refractivity contribution in [1.82, 2.24) is 5.32 Å². The van der Waals surface area contributed by atoms with Crippen LogP contribution in [0.25, 0.3) is 0 Å². The Balaban J connectivity index is 2.14. The van der Waals surface area contributed by atoms with Crippen LogP contribution in [0, 0.1) is 5.82 Å². The van der Waals surface area contributed by atoms with Crippen molar-refractivity contribution in [3.8, 4) is 0 Å². The number of anilines is 2. The fourth-order valence-corrected chi connectivity index (χ4v) is 1.84. The number of halogens is 1. The van der Waals surface area contributed by atoms with E-state index in [1.807, 2.05) is 0 Å². The van der Waals surface area contributed by atoms with Gasteiger partial charge in [0.15, 0.2) is 0 Å². The van der Waals surface area contributed by atoms with Crippen molar-refractivity contribution in [1.29, 1.82) is 0 Å². The second kappa shape index (κ2) is 5.99. The van der Waals surface area contributed by atoms with Crippen molar-refractivity contribution >= 4 is 23.3 Å². The SMILES string of the molecule is COC(=O)c1cc(NC(C)C(=O)NC2CC2)c(F)cc1N. The lowest BCUT2D eigenvalue weighted by Gasteiger charge is -2.16. The fraction of sp³-hybridized carbons (Fsp3) is 0.429. The van der Waals surface area contributed by atoms with E-state index in [4.69, 9.17) is 5.73 Å². The zero-order valence-corrected chi connectivity index (χ0v) is 11.9. The molecule has 0 saturated heterocycles. The highest BCUT2D eigenvalue weighted by atomic mass is 19.1. The molecule has 4 N–H and O–H groups in total. The molecule has 0 aliphatic heterocycles. The smallest absolute Gasteiger partial charge is 0.340 e. The predicted molar refractivity (Wildman–Crippen MR) is 76.4 cm³/mol. The highest BCUT2D eigenvalue weighted by Crippen LogP contribution is 2.24. The Kier molecular flexibility index (Phi) is 4.30. The van der Waals surface area contributed by atoms with Gasteiger partial charge in [0.1, 0.15) is 11.9 Å². The molecule has 1 fully saturated rings. The van der Waals surface area contributed by atoms with Crippen molar-refractivity contribution in [2.75, 3.05) is 18.2 Å². The van der Waals surface area contributed by atoms with Crippen LogP contribution in [0.5, 0.6) is 0 Å². The maximum Gasteiger partial charge on any atom is 0.340 e. The number of carbonyl (C=O) groups is 2. The maximum atomic E-state index is 13.9. The molecule has 0 heterocycles. The van der Waals surface area contributed by atoms with Gasteiger partial charge in [-0.05, 0) is 31.9 Å². The lowest BCUT2D eigenvalue weighted by atomic mass is 10.1. The first-order chi connectivity index (χ1) is 9.92. The van der Waals surface area contributed by atoms with Gasteiger partial charge in [-0.1, -0.05) is 0 Å². The van der Waals surface area contributed by atoms with Gasteiger partial charge in [-0.2, -0.15) is 0 Å². The Bertz CT molecular complexity index is 573. The molecule has 1 aliphatic rings. The van der Waals surface area contributed by atoms with E-state index in [0.717, 1.165) is 18.9 Å². The molecular formula is C14H18FN3O3. The molecule has 1 amide bonds. The number of hydrogen-bond donors (Lipinski definition) is 3. The van der Waals surface area contributed by atoms with Gasteiger partial charge in [-0.15, -0.1) is 0 Å². The highest BCUT2D eigenvalue weighted by molar-refractivity contribution is 5.96. The molecule has 7 heteroatoms. The zero-order valence-electron chi connectivity index (χ0n) is 11.9. The number of rotatable bonds is 5. The number of nitrogen functional groups attached to an aromatic ring is 1. The third-order valence-corrected chi connectivity index (χ3v) is 3.23. The van der Waals surface area contributed by atoms with Crippen molar-refractivity contribution in [3.05, 3.63) is 23.5 Å². The minimum atomic E-state index is -0.661. The number of nitrogens with two attached hydrogens (primary N) is 1. The zero-order chi connectivity index (χ0) is 15.6. The Morgan fingerprint density at radius 2 is 2.10 bits per heavy atom. The van der Waals surface area contributed by atoms with Crippen LogP contribution >= 0.6 is 0 Å². The Morgan fingerprint density at radius 1 is 1.43 bits per heavy atom. The largest absolute Gasteiger partial charge is 0.465 e. The normalized spacial score (nSPS) is 15.2. The van der Waals surface area contributed by atoms with E-state index >= 15 is 0 Å². The number of esters is 1. The molecule has 1 aromatic carbocycles. The van der Waals surface area contributed by atoms with Crippen LogP contribution in [0.3, 0.4) is 0 Å². The summed E-state index contributed by atoms with van der Waals surface area (Å²) in [5.41, 5.74) is 5.65. The maximum absolute atomic E-state index is 13.9. The van der Waals surface area contributed by atoms with Crippen LogP contribution in [0.2, 0.25) is 0 Å². The average Bonchev–Trinajstić information content (AvgIpc) is 3.24. The first-order valence-corrected chi connectivity index (χ1v) is 6.66. The molecule has 6 nitrogen and oxygen atoms in total. The number of hydrogen-bond acceptors (Lipinski definition) is 5. The van der Waals surface area contributed by atoms with Crippen molar-refractivity contribution in [2.24, 2.45) is 0 Å². The lowest BCUT2D eigenvalue weighted by Crippen LogP contribution is -2.38. The second-order valence-electron chi connectivity index (χ2n) is 5.06. The summed E-state index contributed by atoms with van der Waals surface area (Å²) in [4.78, 5) is 23.4. The summed E-state index contributed by atoms with van der Waals surface area (Å²) in [6, 6.07) is 1.87. The molecule has 21 heavy (non-hydrogen) atoms. The number of carbonyl (C=O) groups excluding carboxylic acids is 2. The molecule has 1 aromatic rings. The van der Waals surface area contributed by atoms with Crippen molar-refractivity contribution in [3.63, 3.8) is 0 Å². The molecule has 1 aliphatic carbocycles. The first kappa shape index (κ1) is 15.1. The third kappa shape index (κ3) is 3.62. The summed E-state index contributed by atoms with van der Waals surface area (Å²) in [5, 5.41) is 5.55. The number of benzene rings is 1. The summed E-state index contributed by atoms with van der Waals surface area (Å²) < 4.78 is 18.4. The number of amides is 1. The lowest BCUT2D eigenvalue weighted by molar-refractivity contribution is -0.121. The molecule has 0 aromatic heterocycles. The van der Waals surface area contributed by atoms with Gasteiger partial charge in [0.25, 0.3) is 0 Å². The molecule has 1 unspecified atom stereocenters. The molecule has 0 radical (unpaired) electrons. The van der Waals surface area contributed by atoms with Gasteiger partial charge in [0.2, 0.25) is 5.91 Å². The van der Waals surface area contributed by atoms with Gasteiger partial charge in [-0.25, -0.2) is 9.18 Å². The quantitative estimate of drug-likeness (QED) is 0.562. The van der Waals surface area contributed by atoms with Gasteiger partial charge in [-0.3, -0.25) is 4.79 Å². The van der Waals surface area contributed by atoms with E-state index in [1.165, 1.54) is 13.2 Å². The monoisotopic (exact) mass is 295 g/mol. The molecular weight excluding hydrogens is 277 g/mol. The van der Waals surface area contributed by atoms with Crippen LogP contribution in [0.15, 0.2) is 12.1 Å². The standard InChI is InChI=1S/C14H18FN3O3/c1-7(13(19)18-8-3-4-8)17-12-5-9(14(20)21-2)11(16)6-10(12)15/h5-8,17H,3-4,16H2,1-2H3,(H,18,19). The van der Waals surface area contributed by atoms with Crippen molar-refractivity contribution in [2.45, 2.75) is 31.8 Å². The Morgan fingerprint density at radius 3 is 2.67 bits per heavy atom. The summed E-state index contributed by atoms with van der Waals surface area (Å²) in [7, 11) is 1.21. The van der Waals surface area contributed by atoms with Crippen molar-refractivity contribution < 1.29 is 18.7 Å². The molecule has 0 spiro atoms. The number of nitrogens with one attached hydrogen (secondary N) is 2. The third-order valence-electron chi connectivity index (χ3n) is 3.23. The number of ether oxygens (including phenoxy) is 1. The summed E-state index contributed by atoms with van der Waals surface area (Å²) >= 11 is 0. The molecule has 114 valence electrons. The van der Waals surface area contributed by atoms with Gasteiger partial charge >= 0.3 is 5.97 Å². The molecule has 0 bridgehead atoms. The van der Waals surface area contributed by atoms with E-state index < -0.39 is 17.8 Å². The Labute approximate surface area is 121 Å². The van der Waals surface area contributed by atoms with Gasteiger partial charge in [0, 0.05) is 11.7 Å². The van der Waals surface area contributed by atoms with Crippen LogP contribution in [0.4, 0.5) is 15.8 Å². The first-order valence-electron chi connectivity index (χ1n) is 6.66. The van der Waals surface area contributed by atoms with E-state index in [2.05, 4.69) is 15.4 Å². The molecule has 1 saturated carbocycles. The van der Waals surface area contributed by atoms with Crippen LogP contribution in [-0.2, 0) is 9.53 Å². The molecule has 1 atom stereocenters. The Hall–Kier alpha value is -2.31. The predicted octanol–water partition coefficient (Wildman–Crippen LogP) is 1.27. The number of methoxy groups -OCH3 is 1. The van der Waals surface area contributed by atoms with Gasteiger partial charge < -0.3 is 21.1 Å². The van der Waals surface area contributed by atoms with E-state index in [9.17, 15) is 14.0 Å². The van der Waals surface area contributed by atoms with Crippen LogP contribution in [-0.4, -0.2) is 31.1 Å². The highest BCUT2D eigenvalue weighted by Gasteiger charge is 2.26. The minimum Gasteiger partial charge on any atom is -0.465 e. The fourth-order valence-electron chi connectivity index (χ4n) is 1.84. The van der Waals surface area contributed by atoms with Gasteiger partial charge in [0.05, 0.1) is 18.4 Å². The van der Waals surface area contributed by atoms with E-state index in [1.54, 1.807) is 6.92 Å². The van der Waals surface area contributed by atoms with Crippen LogP contribution < -0.4 is 16.4 Å². The summed E-state index contributed by atoms with van der Waals surface area (Å²) in [5.74, 6) is -1.51. The second-order valence-corrected chi connectivity index (χ2v) is 5.06. The van der Waals surface area contributed by atoms with E-state index in [-0.39, 0.29) is 28.9 Å².